The predicted molar refractivity (Wildman–Crippen MR) is 44.2 cm³/mol. The molecule has 0 spiro atoms. The Morgan fingerprint density at radius 3 is 2.56 bits per heavy atom. The summed E-state index contributed by atoms with van der Waals surface area (Å²) in [7, 11) is 0. The summed E-state index contributed by atoms with van der Waals surface area (Å²) in [6.07, 6.45) is 2.17. The van der Waals surface area contributed by atoms with E-state index in [1.54, 1.807) is 0 Å². The van der Waals surface area contributed by atoms with Crippen LogP contribution in [0, 0.1) is 0 Å². The van der Waals surface area contributed by atoms with Crippen LogP contribution in [0.2, 0.25) is 0 Å². The van der Waals surface area contributed by atoms with Crippen molar-refractivity contribution < 1.29 is 4.74 Å². The largest absolute Gasteiger partial charge is 0.381 e. The standard InChI is InChI=1S/C7H16OS/c1-3-5-8-6-4-7(2)9/h7,9H,3-6H2,1-2H3. The van der Waals surface area contributed by atoms with Crippen molar-refractivity contribution in [2.75, 3.05) is 13.2 Å². The molecule has 1 nitrogen and oxygen atoms in total. The summed E-state index contributed by atoms with van der Waals surface area (Å²) in [5.74, 6) is 0. The van der Waals surface area contributed by atoms with Crippen molar-refractivity contribution >= 4 is 12.6 Å². The molecular weight excluding hydrogens is 132 g/mol. The van der Waals surface area contributed by atoms with Gasteiger partial charge in [0, 0.05) is 18.5 Å². The molecule has 9 heavy (non-hydrogen) atoms. The average molecular weight is 148 g/mol. The van der Waals surface area contributed by atoms with Crippen molar-refractivity contribution in [3.05, 3.63) is 0 Å². The number of thiol groups is 1. The Labute approximate surface area is 63.2 Å². The predicted octanol–water partition coefficient (Wildman–Crippen LogP) is 2.12. The number of hydrogen-bond acceptors (Lipinski definition) is 2. The van der Waals surface area contributed by atoms with Crippen LogP contribution in [0.15, 0.2) is 0 Å². The molecule has 1 atom stereocenters. The van der Waals surface area contributed by atoms with Crippen molar-refractivity contribution in [1.82, 2.24) is 0 Å². The van der Waals surface area contributed by atoms with Gasteiger partial charge in [0.1, 0.15) is 0 Å². The van der Waals surface area contributed by atoms with Crippen LogP contribution >= 0.6 is 12.6 Å². The Morgan fingerprint density at radius 2 is 2.11 bits per heavy atom. The van der Waals surface area contributed by atoms with E-state index in [4.69, 9.17) is 4.74 Å². The summed E-state index contributed by atoms with van der Waals surface area (Å²) >= 11 is 4.22. The fraction of sp³-hybridized carbons (Fsp3) is 1.00. The fourth-order valence-electron chi connectivity index (χ4n) is 0.500. The van der Waals surface area contributed by atoms with Crippen molar-refractivity contribution in [2.45, 2.75) is 31.9 Å². The van der Waals surface area contributed by atoms with E-state index in [0.29, 0.717) is 5.25 Å². The maximum absolute atomic E-state index is 5.24. The summed E-state index contributed by atoms with van der Waals surface area (Å²) < 4.78 is 5.24. The second kappa shape index (κ2) is 6.43. The SMILES string of the molecule is CCCOCCC(C)S. The molecule has 0 fully saturated rings. The molecule has 0 aliphatic heterocycles. The molecule has 0 aliphatic rings. The summed E-state index contributed by atoms with van der Waals surface area (Å²) in [6.45, 7) is 5.95. The fourth-order valence-corrected chi connectivity index (χ4v) is 0.606. The molecule has 0 aromatic carbocycles. The van der Waals surface area contributed by atoms with E-state index in [9.17, 15) is 0 Å². The molecule has 1 unspecified atom stereocenters. The van der Waals surface area contributed by atoms with E-state index in [-0.39, 0.29) is 0 Å². The minimum Gasteiger partial charge on any atom is -0.381 e. The first-order chi connectivity index (χ1) is 4.27. The molecule has 0 N–H and O–H groups in total. The third kappa shape index (κ3) is 8.31. The van der Waals surface area contributed by atoms with Crippen LogP contribution in [-0.2, 0) is 4.74 Å². The van der Waals surface area contributed by atoms with Crippen molar-refractivity contribution in [3.63, 3.8) is 0 Å². The molecule has 2 heteroatoms. The Morgan fingerprint density at radius 1 is 1.44 bits per heavy atom. The van der Waals surface area contributed by atoms with Gasteiger partial charge in [-0.05, 0) is 12.8 Å². The van der Waals surface area contributed by atoms with Gasteiger partial charge < -0.3 is 4.74 Å². The van der Waals surface area contributed by atoms with Gasteiger partial charge >= 0.3 is 0 Å². The van der Waals surface area contributed by atoms with E-state index in [0.717, 1.165) is 26.1 Å². The molecule has 0 aromatic heterocycles. The van der Waals surface area contributed by atoms with Gasteiger partial charge in [0.25, 0.3) is 0 Å². The Kier molecular flexibility index (Phi) is 6.65. The van der Waals surface area contributed by atoms with Gasteiger partial charge in [0.05, 0.1) is 0 Å². The lowest BCUT2D eigenvalue weighted by Gasteiger charge is -2.03. The monoisotopic (exact) mass is 148 g/mol. The van der Waals surface area contributed by atoms with Gasteiger partial charge in [-0.15, -0.1) is 0 Å². The first-order valence-electron chi connectivity index (χ1n) is 3.53. The molecule has 0 rings (SSSR count). The molecule has 0 radical (unpaired) electrons. The smallest absolute Gasteiger partial charge is 0.0476 e. The van der Waals surface area contributed by atoms with E-state index < -0.39 is 0 Å². The Bertz CT molecular complexity index is 54.9. The Balaban J connectivity index is 2.75. The quantitative estimate of drug-likeness (QED) is 0.464. The van der Waals surface area contributed by atoms with Gasteiger partial charge in [0.2, 0.25) is 0 Å². The van der Waals surface area contributed by atoms with Crippen molar-refractivity contribution in [3.8, 4) is 0 Å². The molecule has 0 heterocycles. The maximum atomic E-state index is 5.24. The van der Waals surface area contributed by atoms with Crippen molar-refractivity contribution in [1.29, 1.82) is 0 Å². The third-order valence-corrected chi connectivity index (χ3v) is 1.29. The van der Waals surface area contributed by atoms with Crippen LogP contribution in [0.5, 0.6) is 0 Å². The highest BCUT2D eigenvalue weighted by Gasteiger charge is 1.92. The number of hydrogen-bond donors (Lipinski definition) is 1. The van der Waals surface area contributed by atoms with Gasteiger partial charge in [-0.1, -0.05) is 13.8 Å². The van der Waals surface area contributed by atoms with Crippen LogP contribution in [0.1, 0.15) is 26.7 Å². The van der Waals surface area contributed by atoms with E-state index in [1.165, 1.54) is 0 Å². The van der Waals surface area contributed by atoms with Gasteiger partial charge in [0.15, 0.2) is 0 Å². The highest BCUT2D eigenvalue weighted by Crippen LogP contribution is 1.98. The van der Waals surface area contributed by atoms with Crippen LogP contribution in [0.4, 0.5) is 0 Å². The second-order valence-corrected chi connectivity index (χ2v) is 3.13. The first kappa shape index (κ1) is 9.31. The zero-order valence-electron chi connectivity index (χ0n) is 6.26. The summed E-state index contributed by atoms with van der Waals surface area (Å²) in [6, 6.07) is 0. The molecule has 0 amide bonds. The lowest BCUT2D eigenvalue weighted by molar-refractivity contribution is 0.133. The zero-order valence-corrected chi connectivity index (χ0v) is 7.16. The zero-order chi connectivity index (χ0) is 7.11. The topological polar surface area (TPSA) is 9.23 Å². The minimum atomic E-state index is 0.474. The van der Waals surface area contributed by atoms with Gasteiger partial charge in [-0.3, -0.25) is 0 Å². The van der Waals surface area contributed by atoms with Gasteiger partial charge in [-0.2, -0.15) is 12.6 Å². The van der Waals surface area contributed by atoms with Crippen LogP contribution < -0.4 is 0 Å². The van der Waals surface area contributed by atoms with E-state index in [1.807, 2.05) is 0 Å². The molecular formula is C7H16OS. The van der Waals surface area contributed by atoms with Gasteiger partial charge in [-0.25, -0.2) is 0 Å². The van der Waals surface area contributed by atoms with E-state index >= 15 is 0 Å². The normalized spacial score (nSPS) is 13.7. The molecule has 0 saturated carbocycles. The number of rotatable bonds is 5. The second-order valence-electron chi connectivity index (χ2n) is 2.25. The highest BCUT2D eigenvalue weighted by atomic mass is 32.1. The number of ether oxygens (including phenoxy) is 1. The molecule has 0 bridgehead atoms. The Hall–Kier alpha value is 0.310. The molecule has 0 saturated heterocycles. The molecule has 56 valence electrons. The lowest BCUT2D eigenvalue weighted by Crippen LogP contribution is -2.01. The molecule has 0 aliphatic carbocycles. The third-order valence-electron chi connectivity index (χ3n) is 1.03. The maximum Gasteiger partial charge on any atom is 0.0476 e. The van der Waals surface area contributed by atoms with Crippen molar-refractivity contribution in [2.24, 2.45) is 0 Å². The lowest BCUT2D eigenvalue weighted by atomic mass is 10.3. The van der Waals surface area contributed by atoms with Crippen LogP contribution in [0.25, 0.3) is 0 Å². The highest BCUT2D eigenvalue weighted by molar-refractivity contribution is 7.80. The van der Waals surface area contributed by atoms with Crippen LogP contribution in [-0.4, -0.2) is 18.5 Å². The van der Waals surface area contributed by atoms with E-state index in [2.05, 4.69) is 26.5 Å². The average Bonchev–Trinajstić information content (AvgIpc) is 1.80. The summed E-state index contributed by atoms with van der Waals surface area (Å²) in [4.78, 5) is 0. The minimum absolute atomic E-state index is 0.474. The summed E-state index contributed by atoms with van der Waals surface area (Å²) in [5, 5.41) is 0.474. The first-order valence-corrected chi connectivity index (χ1v) is 4.04. The summed E-state index contributed by atoms with van der Waals surface area (Å²) in [5.41, 5.74) is 0. The van der Waals surface area contributed by atoms with Crippen LogP contribution in [0.3, 0.4) is 0 Å². The molecule has 0 aromatic rings.